The summed E-state index contributed by atoms with van der Waals surface area (Å²) in [5, 5.41) is 4.80. The lowest BCUT2D eigenvalue weighted by Crippen LogP contribution is -2.20. The van der Waals surface area contributed by atoms with E-state index < -0.39 is 11.9 Å². The van der Waals surface area contributed by atoms with Crippen LogP contribution in [0.25, 0.3) is 0 Å². The Hall–Kier alpha value is -2.24. The molecule has 0 saturated heterocycles. The first-order valence-electron chi connectivity index (χ1n) is 7.15. The van der Waals surface area contributed by atoms with Crippen molar-refractivity contribution in [2.75, 3.05) is 11.9 Å². The molecule has 6 heteroatoms. The second kappa shape index (κ2) is 9.15. The number of halogens is 1. The third-order valence-corrected chi connectivity index (χ3v) is 4.02. The van der Waals surface area contributed by atoms with E-state index >= 15 is 0 Å². The summed E-state index contributed by atoms with van der Waals surface area (Å²) in [7, 11) is 0. The van der Waals surface area contributed by atoms with Gasteiger partial charge in [-0.25, -0.2) is 4.79 Å². The highest BCUT2D eigenvalue weighted by atomic mass is 35.5. The van der Waals surface area contributed by atoms with E-state index in [2.05, 4.69) is 5.32 Å². The highest BCUT2D eigenvalue weighted by Crippen LogP contribution is 2.20. The first-order valence-corrected chi connectivity index (χ1v) is 8.41. The molecule has 1 amide bonds. The average Bonchev–Trinajstić information content (AvgIpc) is 2.57. The van der Waals surface area contributed by atoms with Crippen LogP contribution < -0.4 is 5.32 Å². The van der Waals surface area contributed by atoms with E-state index in [1.165, 1.54) is 17.8 Å². The molecule has 124 valence electrons. The quantitative estimate of drug-likeness (QED) is 0.469. The second-order valence-electron chi connectivity index (χ2n) is 4.85. The van der Waals surface area contributed by atoms with Crippen molar-refractivity contribution in [1.82, 2.24) is 0 Å². The first-order chi connectivity index (χ1) is 11.5. The largest absolute Gasteiger partial charge is 0.452 e. The van der Waals surface area contributed by atoms with Crippen LogP contribution in [0.5, 0.6) is 0 Å². The number of esters is 1. The third kappa shape index (κ3) is 6.10. The van der Waals surface area contributed by atoms with E-state index in [0.717, 1.165) is 10.5 Å². The molecule has 4 nitrogen and oxygen atoms in total. The van der Waals surface area contributed by atoms with Crippen LogP contribution in [-0.2, 0) is 14.3 Å². The fraction of sp³-hybridized carbons (Fsp3) is 0.111. The monoisotopic (exact) mass is 361 g/mol. The Morgan fingerprint density at radius 3 is 2.71 bits per heavy atom. The van der Waals surface area contributed by atoms with Crippen molar-refractivity contribution in [3.05, 3.63) is 70.6 Å². The molecule has 0 unspecified atom stereocenters. The predicted molar refractivity (Wildman–Crippen MR) is 97.2 cm³/mol. The van der Waals surface area contributed by atoms with Gasteiger partial charge in [-0.05, 0) is 42.2 Å². The summed E-state index contributed by atoms with van der Waals surface area (Å²) in [5.41, 5.74) is 1.47. The summed E-state index contributed by atoms with van der Waals surface area (Å²) in [4.78, 5) is 24.4. The highest BCUT2D eigenvalue weighted by molar-refractivity contribution is 8.02. The summed E-state index contributed by atoms with van der Waals surface area (Å²) in [6, 6.07) is 14.8. The fourth-order valence-corrected chi connectivity index (χ4v) is 2.59. The highest BCUT2D eigenvalue weighted by Gasteiger charge is 2.07. The molecule has 2 rings (SSSR count). The number of amides is 1. The van der Waals surface area contributed by atoms with Crippen LogP contribution in [-0.4, -0.2) is 18.5 Å². The molecule has 0 aliphatic rings. The lowest BCUT2D eigenvalue weighted by molar-refractivity contribution is -0.142. The van der Waals surface area contributed by atoms with Gasteiger partial charge in [0.05, 0.1) is 0 Å². The predicted octanol–water partition coefficient (Wildman–Crippen LogP) is 4.44. The van der Waals surface area contributed by atoms with E-state index in [-0.39, 0.29) is 6.61 Å². The standard InChI is InChI=1S/C18H16ClNO3S/c1-13-7-8-14(19)11-16(13)20-17(21)12-23-18(22)9-10-24-15-5-3-2-4-6-15/h2-11H,12H2,1H3,(H,20,21)/b10-9+. The molecule has 0 heterocycles. The smallest absolute Gasteiger partial charge is 0.331 e. The van der Waals surface area contributed by atoms with Gasteiger partial charge in [0.1, 0.15) is 0 Å². The zero-order valence-corrected chi connectivity index (χ0v) is 14.6. The number of aryl methyl sites for hydroxylation is 1. The van der Waals surface area contributed by atoms with Gasteiger partial charge in [0.25, 0.3) is 5.91 Å². The van der Waals surface area contributed by atoms with Crippen LogP contribution in [0.4, 0.5) is 5.69 Å². The number of carbonyl (C=O) groups is 2. The van der Waals surface area contributed by atoms with Crippen LogP contribution >= 0.6 is 23.4 Å². The molecule has 24 heavy (non-hydrogen) atoms. The Labute approximate surface area is 149 Å². The molecule has 0 spiro atoms. The molecular formula is C18H16ClNO3S. The Kier molecular flexibility index (Phi) is 6.90. The van der Waals surface area contributed by atoms with Crippen molar-refractivity contribution in [3.63, 3.8) is 0 Å². The molecule has 2 aromatic carbocycles. The number of hydrogen-bond acceptors (Lipinski definition) is 4. The summed E-state index contributed by atoms with van der Waals surface area (Å²) in [5.74, 6) is -0.991. The lowest BCUT2D eigenvalue weighted by Gasteiger charge is -2.08. The zero-order valence-electron chi connectivity index (χ0n) is 13.0. The molecular weight excluding hydrogens is 346 g/mol. The zero-order chi connectivity index (χ0) is 17.4. The molecule has 0 bridgehead atoms. The fourth-order valence-electron chi connectivity index (χ4n) is 1.77. The maximum absolute atomic E-state index is 11.8. The van der Waals surface area contributed by atoms with E-state index in [0.29, 0.717) is 10.7 Å². The van der Waals surface area contributed by atoms with Crippen LogP contribution in [0.3, 0.4) is 0 Å². The third-order valence-electron chi connectivity index (χ3n) is 2.97. The number of thioether (sulfide) groups is 1. The summed E-state index contributed by atoms with van der Waals surface area (Å²) in [6.45, 7) is 1.49. The van der Waals surface area contributed by atoms with Crippen molar-refractivity contribution >= 4 is 40.9 Å². The SMILES string of the molecule is Cc1ccc(Cl)cc1NC(=O)COC(=O)/C=C/Sc1ccccc1. The molecule has 0 aromatic heterocycles. The van der Waals surface area contributed by atoms with Crippen LogP contribution in [0.15, 0.2) is 64.9 Å². The lowest BCUT2D eigenvalue weighted by atomic mass is 10.2. The number of carbonyl (C=O) groups excluding carboxylic acids is 2. The van der Waals surface area contributed by atoms with Crippen molar-refractivity contribution < 1.29 is 14.3 Å². The van der Waals surface area contributed by atoms with E-state index in [4.69, 9.17) is 16.3 Å². The number of anilines is 1. The Bertz CT molecular complexity index is 747. The maximum atomic E-state index is 11.8. The number of nitrogens with one attached hydrogen (secondary N) is 1. The molecule has 0 radical (unpaired) electrons. The van der Waals surface area contributed by atoms with Gasteiger partial charge < -0.3 is 10.1 Å². The van der Waals surface area contributed by atoms with Gasteiger partial charge in [-0.2, -0.15) is 0 Å². The average molecular weight is 362 g/mol. The van der Waals surface area contributed by atoms with E-state index in [1.54, 1.807) is 23.6 Å². The molecule has 1 N–H and O–H groups in total. The van der Waals surface area contributed by atoms with Gasteiger partial charge in [-0.3, -0.25) is 4.79 Å². The van der Waals surface area contributed by atoms with Gasteiger partial charge in [0.2, 0.25) is 0 Å². The minimum absolute atomic E-state index is 0.356. The molecule has 0 fully saturated rings. The van der Waals surface area contributed by atoms with E-state index in [1.807, 2.05) is 37.3 Å². The summed E-state index contributed by atoms with van der Waals surface area (Å²) >= 11 is 7.28. The normalized spacial score (nSPS) is 10.6. The summed E-state index contributed by atoms with van der Waals surface area (Å²) in [6.07, 6.45) is 1.29. The van der Waals surface area contributed by atoms with Gasteiger partial charge in [-0.1, -0.05) is 47.6 Å². The van der Waals surface area contributed by atoms with E-state index in [9.17, 15) is 9.59 Å². The Morgan fingerprint density at radius 2 is 1.96 bits per heavy atom. The minimum Gasteiger partial charge on any atom is -0.452 e. The van der Waals surface area contributed by atoms with Crippen molar-refractivity contribution in [2.24, 2.45) is 0 Å². The molecule has 0 saturated carbocycles. The maximum Gasteiger partial charge on any atom is 0.331 e. The Balaban J connectivity index is 1.76. The van der Waals surface area contributed by atoms with Crippen LogP contribution in [0.1, 0.15) is 5.56 Å². The summed E-state index contributed by atoms with van der Waals surface area (Å²) < 4.78 is 4.90. The first kappa shape index (κ1) is 18.1. The number of hydrogen-bond donors (Lipinski definition) is 1. The van der Waals surface area contributed by atoms with Crippen LogP contribution in [0.2, 0.25) is 5.02 Å². The van der Waals surface area contributed by atoms with Crippen molar-refractivity contribution in [2.45, 2.75) is 11.8 Å². The molecule has 0 aliphatic heterocycles. The number of benzene rings is 2. The molecule has 2 aromatic rings. The minimum atomic E-state index is -0.573. The van der Waals surface area contributed by atoms with Crippen LogP contribution in [0, 0.1) is 6.92 Å². The van der Waals surface area contributed by atoms with Crippen molar-refractivity contribution in [1.29, 1.82) is 0 Å². The van der Waals surface area contributed by atoms with Gasteiger partial charge in [0, 0.05) is 21.7 Å². The van der Waals surface area contributed by atoms with Crippen molar-refractivity contribution in [3.8, 4) is 0 Å². The number of rotatable bonds is 6. The van der Waals surface area contributed by atoms with Gasteiger partial charge in [-0.15, -0.1) is 0 Å². The molecule has 0 atom stereocenters. The Morgan fingerprint density at radius 1 is 1.21 bits per heavy atom. The topological polar surface area (TPSA) is 55.4 Å². The molecule has 0 aliphatic carbocycles. The second-order valence-corrected chi connectivity index (χ2v) is 6.26. The van der Waals surface area contributed by atoms with Gasteiger partial charge >= 0.3 is 5.97 Å². The number of ether oxygens (including phenoxy) is 1. The van der Waals surface area contributed by atoms with Gasteiger partial charge in [0.15, 0.2) is 6.61 Å².